The largest absolute Gasteiger partial charge is 0.491 e. The first-order valence-corrected chi connectivity index (χ1v) is 10.5. The molecule has 2 N–H and O–H groups in total. The fraction of sp³-hybridized carbons (Fsp3) is 0.208. The number of hydrogen-bond acceptors (Lipinski definition) is 6. The van der Waals surface area contributed by atoms with Crippen molar-refractivity contribution in [3.05, 3.63) is 71.4 Å². The van der Waals surface area contributed by atoms with E-state index < -0.39 is 11.7 Å². The Hall–Kier alpha value is -3.98. The number of ether oxygens (including phenoxy) is 2. The highest BCUT2D eigenvalue weighted by Crippen LogP contribution is 2.38. The molecule has 1 amide bonds. The summed E-state index contributed by atoms with van der Waals surface area (Å²) in [6.07, 6.45) is 5.19. The number of likely N-dealkylation sites (N-methyl/N-ethyl adjacent to an activating group) is 1. The number of fused-ring (bicyclic) bond motifs is 4. The number of aromatic nitrogens is 3. The molecule has 0 saturated carbocycles. The zero-order valence-electron chi connectivity index (χ0n) is 17.8. The average Bonchev–Trinajstić information content (AvgIpc) is 3.58. The van der Waals surface area contributed by atoms with Crippen molar-refractivity contribution in [1.82, 2.24) is 19.3 Å². The Kier molecular flexibility index (Phi) is 4.34. The molecular weight excluding hydrogens is 425 g/mol. The van der Waals surface area contributed by atoms with Crippen molar-refractivity contribution in [2.24, 2.45) is 0 Å². The monoisotopic (exact) mass is 445 g/mol. The minimum absolute atomic E-state index is 0.0510. The first kappa shape index (κ1) is 19.7. The predicted octanol–water partition coefficient (Wildman–Crippen LogP) is 3.22. The molecule has 0 spiro atoms. The van der Waals surface area contributed by atoms with Crippen molar-refractivity contribution < 1.29 is 18.7 Å². The fourth-order valence-corrected chi connectivity index (χ4v) is 4.49. The van der Waals surface area contributed by atoms with E-state index in [4.69, 9.17) is 15.2 Å². The number of anilines is 1. The molecule has 0 radical (unpaired) electrons. The lowest BCUT2D eigenvalue weighted by atomic mass is 10.0. The molecule has 8 nitrogen and oxygen atoms in total. The van der Waals surface area contributed by atoms with E-state index in [1.54, 1.807) is 24.0 Å². The maximum Gasteiger partial charge on any atom is 0.257 e. The van der Waals surface area contributed by atoms with Gasteiger partial charge in [-0.05, 0) is 23.3 Å². The van der Waals surface area contributed by atoms with Gasteiger partial charge in [0.1, 0.15) is 29.5 Å². The summed E-state index contributed by atoms with van der Waals surface area (Å²) in [5.41, 5.74) is 10.4. The van der Waals surface area contributed by atoms with Crippen LogP contribution in [0.5, 0.6) is 5.75 Å². The van der Waals surface area contributed by atoms with Crippen LogP contribution in [0.25, 0.3) is 22.1 Å². The van der Waals surface area contributed by atoms with Crippen LogP contribution in [0.15, 0.2) is 48.9 Å². The third-order valence-corrected chi connectivity index (χ3v) is 6.33. The number of nitrogens with two attached hydrogens (primary N) is 1. The molecule has 0 fully saturated rings. The molecule has 33 heavy (non-hydrogen) atoms. The number of carbonyl (C=O) groups is 1. The van der Waals surface area contributed by atoms with E-state index in [1.807, 2.05) is 24.3 Å². The second kappa shape index (κ2) is 7.28. The Labute approximate surface area is 188 Å². The first-order valence-electron chi connectivity index (χ1n) is 10.5. The topological polar surface area (TPSA) is 95.0 Å². The lowest BCUT2D eigenvalue weighted by Gasteiger charge is -2.24. The summed E-state index contributed by atoms with van der Waals surface area (Å²) in [5, 5.41) is 0. The zero-order valence-corrected chi connectivity index (χ0v) is 17.8. The summed E-state index contributed by atoms with van der Waals surface area (Å²) < 4.78 is 28.0. The molecule has 9 heteroatoms. The molecule has 4 aromatic rings. The molecule has 0 bridgehead atoms. The van der Waals surface area contributed by atoms with Gasteiger partial charge in [-0.15, -0.1) is 0 Å². The maximum absolute atomic E-state index is 15.0. The van der Waals surface area contributed by atoms with Gasteiger partial charge in [-0.25, -0.2) is 14.4 Å². The van der Waals surface area contributed by atoms with E-state index in [0.717, 1.165) is 22.4 Å². The van der Waals surface area contributed by atoms with Gasteiger partial charge in [0.15, 0.2) is 0 Å². The molecule has 1 atom stereocenters. The van der Waals surface area contributed by atoms with E-state index in [1.165, 1.54) is 17.0 Å². The van der Waals surface area contributed by atoms with Gasteiger partial charge in [0.25, 0.3) is 5.91 Å². The van der Waals surface area contributed by atoms with Crippen LogP contribution < -0.4 is 10.5 Å². The number of halogens is 1. The van der Waals surface area contributed by atoms with Gasteiger partial charge in [-0.3, -0.25) is 9.20 Å². The van der Waals surface area contributed by atoms with Crippen molar-refractivity contribution in [2.75, 3.05) is 32.6 Å². The Balaban J connectivity index is 1.35. The number of hydrogen-bond donors (Lipinski definition) is 1. The van der Waals surface area contributed by atoms with Crippen LogP contribution in [0, 0.1) is 5.82 Å². The van der Waals surface area contributed by atoms with Crippen LogP contribution in [0.1, 0.15) is 27.5 Å². The number of carbonyl (C=O) groups excluding carboxylic acids is 1. The van der Waals surface area contributed by atoms with Gasteiger partial charge < -0.3 is 20.1 Å². The van der Waals surface area contributed by atoms with Crippen molar-refractivity contribution in [3.63, 3.8) is 0 Å². The second-order valence-corrected chi connectivity index (χ2v) is 8.21. The molecule has 2 aliphatic heterocycles. The molecular formula is C24H20FN5O3. The quantitative estimate of drug-likeness (QED) is 0.520. The van der Waals surface area contributed by atoms with Gasteiger partial charge in [0.05, 0.1) is 48.4 Å². The van der Waals surface area contributed by atoms with Crippen LogP contribution in [0.4, 0.5) is 10.2 Å². The van der Waals surface area contributed by atoms with Gasteiger partial charge in [0.2, 0.25) is 0 Å². The normalized spacial score (nSPS) is 17.3. The summed E-state index contributed by atoms with van der Waals surface area (Å²) in [5.74, 6) is -0.136. The number of nitrogens with zero attached hydrogens (tertiary/aromatic N) is 4. The summed E-state index contributed by atoms with van der Waals surface area (Å²) >= 11 is 0. The van der Waals surface area contributed by atoms with Gasteiger partial charge >= 0.3 is 0 Å². The second-order valence-electron chi connectivity index (χ2n) is 8.21. The van der Waals surface area contributed by atoms with Crippen molar-refractivity contribution in [3.8, 4) is 5.75 Å². The minimum Gasteiger partial charge on any atom is -0.491 e. The molecule has 2 aliphatic rings. The Bertz CT molecular complexity index is 1480. The SMILES string of the molecule is CN(C(=O)c1cc2c(cc1F)nc(N)c1cncn12)[C@@H]1COc2cc(C3=CCOC3)ccc21. The molecule has 0 aliphatic carbocycles. The smallest absolute Gasteiger partial charge is 0.257 e. The highest BCUT2D eigenvalue weighted by molar-refractivity contribution is 5.98. The molecule has 2 aromatic carbocycles. The minimum atomic E-state index is -0.659. The Morgan fingerprint density at radius 3 is 2.97 bits per heavy atom. The van der Waals surface area contributed by atoms with Crippen LogP contribution in [0.3, 0.4) is 0 Å². The number of imidazole rings is 1. The van der Waals surface area contributed by atoms with E-state index in [9.17, 15) is 9.18 Å². The molecule has 0 unspecified atom stereocenters. The number of nitrogen functional groups attached to an aromatic ring is 1. The van der Waals surface area contributed by atoms with Gasteiger partial charge in [-0.2, -0.15) is 0 Å². The molecule has 4 heterocycles. The number of amides is 1. The van der Waals surface area contributed by atoms with Crippen LogP contribution in [-0.2, 0) is 4.74 Å². The number of rotatable bonds is 3. The first-order chi connectivity index (χ1) is 16.0. The summed E-state index contributed by atoms with van der Waals surface area (Å²) in [7, 11) is 1.66. The molecule has 6 rings (SSSR count). The van der Waals surface area contributed by atoms with Crippen molar-refractivity contribution in [2.45, 2.75) is 6.04 Å². The highest BCUT2D eigenvalue weighted by atomic mass is 19.1. The Morgan fingerprint density at radius 2 is 2.15 bits per heavy atom. The van der Waals surface area contributed by atoms with Crippen LogP contribution >= 0.6 is 0 Å². The summed E-state index contributed by atoms with van der Waals surface area (Å²) in [6.45, 7) is 1.49. The van der Waals surface area contributed by atoms with E-state index >= 15 is 0 Å². The molecule has 0 saturated heterocycles. The molecule has 166 valence electrons. The zero-order chi connectivity index (χ0) is 22.7. The standard InChI is InChI=1S/C24H20FN5O3/c1-29(21-11-33-22-6-13(2-3-15(21)22)14-4-5-32-10-14)24(31)16-7-19-18(8-17(16)25)28-23(26)20-9-27-12-30(19)20/h2-4,6-9,12,21H,5,10-11H2,1H3,(H2,26,28)/t21-/m1/s1. The third kappa shape index (κ3) is 3.04. The lowest BCUT2D eigenvalue weighted by molar-refractivity contribution is 0.0704. The van der Waals surface area contributed by atoms with Gasteiger partial charge in [-0.1, -0.05) is 18.2 Å². The summed E-state index contributed by atoms with van der Waals surface area (Å²) in [6, 6.07) is 8.33. The van der Waals surface area contributed by atoms with Crippen molar-refractivity contribution in [1.29, 1.82) is 0 Å². The lowest BCUT2D eigenvalue weighted by Crippen LogP contribution is -2.32. The van der Waals surface area contributed by atoms with E-state index in [-0.39, 0.29) is 17.4 Å². The van der Waals surface area contributed by atoms with E-state index in [0.29, 0.717) is 36.4 Å². The van der Waals surface area contributed by atoms with Crippen LogP contribution in [0.2, 0.25) is 0 Å². The van der Waals surface area contributed by atoms with E-state index in [2.05, 4.69) is 9.97 Å². The fourth-order valence-electron chi connectivity index (χ4n) is 4.49. The van der Waals surface area contributed by atoms with Gasteiger partial charge in [0, 0.05) is 18.7 Å². The Morgan fingerprint density at radius 1 is 1.27 bits per heavy atom. The van der Waals surface area contributed by atoms with Crippen molar-refractivity contribution >= 4 is 33.8 Å². The summed E-state index contributed by atoms with van der Waals surface area (Å²) in [4.78, 5) is 23.2. The number of benzene rings is 2. The maximum atomic E-state index is 15.0. The highest BCUT2D eigenvalue weighted by Gasteiger charge is 2.32. The average molecular weight is 445 g/mol. The predicted molar refractivity (Wildman–Crippen MR) is 120 cm³/mol. The third-order valence-electron chi connectivity index (χ3n) is 6.33. The van der Waals surface area contributed by atoms with Crippen LogP contribution in [-0.4, -0.2) is 52.0 Å². The molecule has 2 aromatic heterocycles.